The lowest BCUT2D eigenvalue weighted by atomic mass is 10.1. The molecule has 24 heavy (non-hydrogen) atoms. The minimum absolute atomic E-state index is 0.0515. The van der Waals surface area contributed by atoms with Crippen molar-refractivity contribution < 1.29 is 18.9 Å². The number of alkyl halides is 2. The first-order valence-corrected chi connectivity index (χ1v) is 7.78. The van der Waals surface area contributed by atoms with Crippen molar-refractivity contribution in [2.75, 3.05) is 28.4 Å². The van der Waals surface area contributed by atoms with Gasteiger partial charge in [-0.25, -0.2) is 0 Å². The summed E-state index contributed by atoms with van der Waals surface area (Å²) >= 11 is 19.1. The Bertz CT molecular complexity index is 716. The van der Waals surface area contributed by atoms with Crippen LogP contribution >= 0.6 is 34.8 Å². The largest absolute Gasteiger partial charge is 0.493 e. The summed E-state index contributed by atoms with van der Waals surface area (Å²) in [6.45, 7) is 0. The average molecular weight is 394 g/mol. The third-order valence-electron chi connectivity index (χ3n) is 3.21. The lowest BCUT2D eigenvalue weighted by Gasteiger charge is -2.22. The van der Waals surface area contributed by atoms with E-state index in [1.165, 1.54) is 34.5 Å². The Kier molecular flexibility index (Phi) is 5.85. The van der Waals surface area contributed by atoms with Gasteiger partial charge in [-0.3, -0.25) is 0 Å². The fourth-order valence-corrected chi connectivity index (χ4v) is 2.65. The van der Waals surface area contributed by atoms with Crippen LogP contribution in [0.5, 0.6) is 23.3 Å². The molecule has 0 aliphatic rings. The predicted octanol–water partition coefficient (Wildman–Crippen LogP) is 3.84. The summed E-state index contributed by atoms with van der Waals surface area (Å²) in [6.07, 6.45) is 0. The van der Waals surface area contributed by atoms with E-state index in [-0.39, 0.29) is 16.9 Å². The van der Waals surface area contributed by atoms with Crippen molar-refractivity contribution in [3.8, 4) is 23.3 Å². The molecule has 0 spiro atoms. The monoisotopic (exact) mass is 392 g/mol. The molecule has 0 aliphatic heterocycles. The highest BCUT2D eigenvalue weighted by molar-refractivity contribution is 6.50. The molecular weight excluding hydrogens is 379 g/mol. The normalized spacial score (nSPS) is 11.1. The van der Waals surface area contributed by atoms with E-state index in [1.807, 2.05) is 0 Å². The number of ether oxygens (including phenoxy) is 4. The van der Waals surface area contributed by atoms with Crippen molar-refractivity contribution in [1.29, 1.82) is 0 Å². The number of nitrogens with zero attached hydrogens (tertiary/aromatic N) is 2. The van der Waals surface area contributed by atoms with Crippen LogP contribution < -0.4 is 18.9 Å². The minimum Gasteiger partial charge on any atom is -0.493 e. The van der Waals surface area contributed by atoms with Gasteiger partial charge in [-0.05, 0) is 12.1 Å². The standard InChI is InChI=1S/C15H15Cl3N2O4/c1-21-9-5-8(6-10(22-2)13(9)23-3)15(17,18)11-7-12(16)20-14(19-11)24-4/h5-7H,1-4H3. The molecule has 0 amide bonds. The van der Waals surface area contributed by atoms with Gasteiger partial charge in [0.15, 0.2) is 15.8 Å². The van der Waals surface area contributed by atoms with E-state index in [2.05, 4.69) is 9.97 Å². The Hall–Kier alpha value is -1.63. The summed E-state index contributed by atoms with van der Waals surface area (Å²) in [5, 5.41) is 0.148. The highest BCUT2D eigenvalue weighted by atomic mass is 35.5. The molecule has 2 rings (SSSR count). The van der Waals surface area contributed by atoms with Crippen molar-refractivity contribution >= 4 is 34.8 Å². The molecule has 0 aliphatic carbocycles. The predicted molar refractivity (Wildman–Crippen MR) is 92.2 cm³/mol. The number of hydrogen-bond acceptors (Lipinski definition) is 6. The SMILES string of the molecule is COc1nc(Cl)cc(C(Cl)(Cl)c2cc(OC)c(OC)c(OC)c2)n1. The van der Waals surface area contributed by atoms with Crippen molar-refractivity contribution in [3.05, 3.63) is 34.6 Å². The van der Waals surface area contributed by atoms with E-state index in [0.29, 0.717) is 22.8 Å². The lowest BCUT2D eigenvalue weighted by molar-refractivity contribution is 0.323. The Morgan fingerprint density at radius 1 is 0.833 bits per heavy atom. The lowest BCUT2D eigenvalue weighted by Crippen LogP contribution is -2.16. The van der Waals surface area contributed by atoms with Crippen LogP contribution in [0, 0.1) is 0 Å². The number of aromatic nitrogens is 2. The van der Waals surface area contributed by atoms with Crippen LogP contribution in [0.15, 0.2) is 18.2 Å². The third-order valence-corrected chi connectivity index (χ3v) is 4.22. The second-order valence-corrected chi connectivity index (χ2v) is 6.27. The van der Waals surface area contributed by atoms with Crippen molar-refractivity contribution in [1.82, 2.24) is 9.97 Å². The minimum atomic E-state index is -1.55. The maximum atomic E-state index is 6.55. The molecule has 0 bridgehead atoms. The Morgan fingerprint density at radius 3 is 1.88 bits per heavy atom. The fourth-order valence-electron chi connectivity index (χ4n) is 2.06. The van der Waals surface area contributed by atoms with E-state index >= 15 is 0 Å². The van der Waals surface area contributed by atoms with Gasteiger partial charge >= 0.3 is 6.01 Å². The van der Waals surface area contributed by atoms with Crippen LogP contribution in [0.1, 0.15) is 11.3 Å². The van der Waals surface area contributed by atoms with Crippen LogP contribution in [0.3, 0.4) is 0 Å². The molecule has 0 saturated heterocycles. The fraction of sp³-hybridized carbons (Fsp3) is 0.333. The van der Waals surface area contributed by atoms with Gasteiger partial charge in [0.05, 0.1) is 34.1 Å². The molecule has 1 aromatic carbocycles. The first-order chi connectivity index (χ1) is 11.4. The molecular formula is C15H15Cl3N2O4. The molecule has 0 saturated carbocycles. The molecule has 9 heteroatoms. The topological polar surface area (TPSA) is 62.7 Å². The molecule has 0 radical (unpaired) electrons. The Balaban J connectivity index is 2.62. The van der Waals surface area contributed by atoms with Crippen molar-refractivity contribution in [2.24, 2.45) is 0 Å². The summed E-state index contributed by atoms with van der Waals surface area (Å²) in [6, 6.07) is 4.76. The van der Waals surface area contributed by atoms with E-state index in [1.54, 1.807) is 12.1 Å². The zero-order valence-corrected chi connectivity index (χ0v) is 15.7. The van der Waals surface area contributed by atoms with Gasteiger partial charge in [0.25, 0.3) is 0 Å². The van der Waals surface area contributed by atoms with Crippen LogP contribution in [-0.4, -0.2) is 38.4 Å². The summed E-state index contributed by atoms with van der Waals surface area (Å²) in [5.74, 6) is 1.24. The Morgan fingerprint density at radius 2 is 1.42 bits per heavy atom. The molecule has 6 nitrogen and oxygen atoms in total. The molecule has 2 aromatic rings. The highest BCUT2D eigenvalue weighted by Crippen LogP contribution is 2.47. The summed E-state index contributed by atoms with van der Waals surface area (Å²) in [4.78, 5) is 8.06. The Labute approximate surface area is 154 Å². The number of rotatable bonds is 6. The average Bonchev–Trinajstić information content (AvgIpc) is 2.59. The summed E-state index contributed by atoms with van der Waals surface area (Å²) < 4.78 is 19.4. The number of hydrogen-bond donors (Lipinski definition) is 0. The smallest absolute Gasteiger partial charge is 0.317 e. The number of halogens is 3. The summed E-state index contributed by atoms with van der Waals surface area (Å²) in [7, 11) is 5.91. The molecule has 130 valence electrons. The second kappa shape index (κ2) is 7.51. The second-order valence-electron chi connectivity index (χ2n) is 4.55. The van der Waals surface area contributed by atoms with E-state index in [9.17, 15) is 0 Å². The van der Waals surface area contributed by atoms with Crippen LogP contribution in [-0.2, 0) is 4.33 Å². The van der Waals surface area contributed by atoms with Gasteiger partial charge in [0, 0.05) is 11.6 Å². The van der Waals surface area contributed by atoms with Gasteiger partial charge in [0.1, 0.15) is 5.15 Å². The van der Waals surface area contributed by atoms with Crippen LogP contribution in [0.2, 0.25) is 5.15 Å². The first kappa shape index (κ1) is 18.7. The van der Waals surface area contributed by atoms with E-state index in [4.69, 9.17) is 53.8 Å². The molecule has 0 atom stereocenters. The summed E-state index contributed by atoms with van der Waals surface area (Å²) in [5.41, 5.74) is 0.703. The van der Waals surface area contributed by atoms with Gasteiger partial charge in [-0.2, -0.15) is 9.97 Å². The van der Waals surface area contributed by atoms with Gasteiger partial charge in [-0.15, -0.1) is 0 Å². The number of methoxy groups -OCH3 is 4. The third kappa shape index (κ3) is 3.55. The van der Waals surface area contributed by atoms with Gasteiger partial charge < -0.3 is 18.9 Å². The number of benzene rings is 1. The van der Waals surface area contributed by atoms with Gasteiger partial charge in [-0.1, -0.05) is 34.8 Å². The zero-order chi connectivity index (χ0) is 17.9. The maximum Gasteiger partial charge on any atom is 0.317 e. The van der Waals surface area contributed by atoms with Crippen LogP contribution in [0.4, 0.5) is 0 Å². The molecule has 0 fully saturated rings. The molecule has 1 heterocycles. The maximum absolute atomic E-state index is 6.55. The quantitative estimate of drug-likeness (QED) is 0.549. The molecule has 0 N–H and O–H groups in total. The van der Waals surface area contributed by atoms with E-state index in [0.717, 1.165) is 0 Å². The van der Waals surface area contributed by atoms with Gasteiger partial charge in [0.2, 0.25) is 5.75 Å². The highest BCUT2D eigenvalue weighted by Gasteiger charge is 2.34. The zero-order valence-electron chi connectivity index (χ0n) is 13.4. The van der Waals surface area contributed by atoms with E-state index < -0.39 is 4.33 Å². The van der Waals surface area contributed by atoms with Crippen LogP contribution in [0.25, 0.3) is 0 Å². The molecule has 0 unspecified atom stereocenters. The first-order valence-electron chi connectivity index (χ1n) is 6.64. The molecule has 1 aromatic heterocycles. The van der Waals surface area contributed by atoms with Crippen molar-refractivity contribution in [3.63, 3.8) is 0 Å². The van der Waals surface area contributed by atoms with Crippen molar-refractivity contribution in [2.45, 2.75) is 4.33 Å².